The summed E-state index contributed by atoms with van der Waals surface area (Å²) in [7, 11) is 0. The quantitative estimate of drug-likeness (QED) is 0.429. The van der Waals surface area contributed by atoms with Crippen LogP contribution in [0.25, 0.3) is 0 Å². The number of nitro benzene ring substituents is 1. The van der Waals surface area contributed by atoms with E-state index in [0.29, 0.717) is 12.1 Å². The summed E-state index contributed by atoms with van der Waals surface area (Å²) < 4.78 is 18.9. The van der Waals surface area contributed by atoms with E-state index in [1.54, 1.807) is 20.8 Å². The largest absolute Gasteiger partial charge is 0.477 e. The minimum atomic E-state index is -1.95. The first-order valence-corrected chi connectivity index (χ1v) is 7.37. The normalized spacial score (nSPS) is 13.6. The number of nitro groups is 1. The van der Waals surface area contributed by atoms with Gasteiger partial charge in [0, 0.05) is 18.2 Å². The number of halogens is 1. The summed E-state index contributed by atoms with van der Waals surface area (Å²) in [6.07, 6.45) is -4.57. The Kier molecular flexibility index (Phi) is 6.59. The number of hydrogen-bond acceptors (Lipinski definition) is 7. The maximum Gasteiger partial charge on any atom is 0.407 e. The van der Waals surface area contributed by atoms with Crippen LogP contribution < -0.4 is 5.32 Å². The molecule has 0 aliphatic heterocycles. The molecule has 2 atom stereocenters. The molecule has 1 aromatic carbocycles. The van der Waals surface area contributed by atoms with Crippen LogP contribution in [0, 0.1) is 15.9 Å². The Morgan fingerprint density at radius 2 is 1.92 bits per heavy atom. The number of rotatable bonds is 6. The first kappa shape index (κ1) is 21.3. The van der Waals surface area contributed by atoms with Gasteiger partial charge in [0.1, 0.15) is 29.2 Å². The zero-order valence-electron chi connectivity index (χ0n) is 14.2. The molecule has 0 radical (unpaired) electrons. The maximum atomic E-state index is 14.0. The number of hydrogen-bond donors (Lipinski definition) is 4. The van der Waals surface area contributed by atoms with Crippen LogP contribution in [0.5, 0.6) is 0 Å². The lowest BCUT2D eigenvalue weighted by atomic mass is 10.00. The van der Waals surface area contributed by atoms with Crippen molar-refractivity contribution >= 4 is 17.7 Å². The molecule has 1 aromatic rings. The SMILES string of the molecule is CC(C)(C)OC(=O)NCC(O)C(O)c1cc([N+](=O)[O-])c(C(=O)O)cc1F. The summed E-state index contributed by atoms with van der Waals surface area (Å²) in [6, 6.07) is 0.910. The van der Waals surface area contributed by atoms with Crippen molar-refractivity contribution in [2.45, 2.75) is 38.6 Å². The molecule has 1 rings (SSSR count). The summed E-state index contributed by atoms with van der Waals surface area (Å²) in [5, 5.41) is 41.8. The summed E-state index contributed by atoms with van der Waals surface area (Å²) in [6.45, 7) is 4.28. The number of ether oxygens (including phenoxy) is 1. The molecule has 11 heteroatoms. The monoisotopic (exact) mass is 374 g/mol. The molecule has 0 saturated carbocycles. The van der Waals surface area contributed by atoms with E-state index in [4.69, 9.17) is 9.84 Å². The highest BCUT2D eigenvalue weighted by Gasteiger charge is 2.29. The Bertz CT molecular complexity index is 716. The number of nitrogens with zero attached hydrogens (tertiary/aromatic N) is 1. The topological polar surface area (TPSA) is 159 Å². The van der Waals surface area contributed by atoms with E-state index < -0.39 is 64.0 Å². The molecular formula is C15H19FN2O8. The van der Waals surface area contributed by atoms with Crippen LogP contribution in [0.15, 0.2) is 12.1 Å². The van der Waals surface area contributed by atoms with E-state index in [2.05, 4.69) is 5.32 Å². The number of carboxylic acids is 1. The van der Waals surface area contributed by atoms with Crippen LogP contribution in [0.2, 0.25) is 0 Å². The Morgan fingerprint density at radius 3 is 2.38 bits per heavy atom. The molecule has 0 saturated heterocycles. The Hall–Kier alpha value is -2.79. The number of alkyl carbamates (subject to hydrolysis) is 1. The molecule has 0 spiro atoms. The summed E-state index contributed by atoms with van der Waals surface area (Å²) in [5.41, 5.74) is -3.32. The third kappa shape index (κ3) is 5.63. The molecule has 0 fully saturated rings. The van der Waals surface area contributed by atoms with Gasteiger partial charge in [0.2, 0.25) is 0 Å². The summed E-state index contributed by atoms with van der Waals surface area (Å²) in [4.78, 5) is 32.3. The van der Waals surface area contributed by atoms with Gasteiger partial charge in [-0.2, -0.15) is 0 Å². The third-order valence-electron chi connectivity index (χ3n) is 3.08. The predicted molar refractivity (Wildman–Crippen MR) is 85.2 cm³/mol. The highest BCUT2D eigenvalue weighted by molar-refractivity contribution is 5.92. The van der Waals surface area contributed by atoms with E-state index in [0.717, 1.165) is 0 Å². The van der Waals surface area contributed by atoms with E-state index in [-0.39, 0.29) is 0 Å². The van der Waals surface area contributed by atoms with Crippen molar-refractivity contribution in [3.8, 4) is 0 Å². The molecule has 2 unspecified atom stereocenters. The summed E-state index contributed by atoms with van der Waals surface area (Å²) in [5.74, 6) is -2.97. The van der Waals surface area contributed by atoms with Crippen molar-refractivity contribution in [2.24, 2.45) is 0 Å². The second-order valence-electron chi connectivity index (χ2n) is 6.35. The molecular weight excluding hydrogens is 355 g/mol. The van der Waals surface area contributed by atoms with Crippen LogP contribution in [0.4, 0.5) is 14.9 Å². The van der Waals surface area contributed by atoms with Gasteiger partial charge in [-0.15, -0.1) is 0 Å². The third-order valence-corrected chi connectivity index (χ3v) is 3.08. The number of aromatic carboxylic acids is 1. The molecule has 26 heavy (non-hydrogen) atoms. The number of aliphatic hydroxyl groups is 2. The molecule has 10 nitrogen and oxygen atoms in total. The van der Waals surface area contributed by atoms with Gasteiger partial charge in [-0.25, -0.2) is 14.0 Å². The average Bonchev–Trinajstić information content (AvgIpc) is 2.49. The number of carboxylic acid groups (broad SMARTS) is 1. The van der Waals surface area contributed by atoms with Crippen molar-refractivity contribution in [2.75, 3.05) is 6.54 Å². The van der Waals surface area contributed by atoms with Gasteiger partial charge in [0.05, 0.1) is 4.92 Å². The van der Waals surface area contributed by atoms with Crippen molar-refractivity contribution in [3.05, 3.63) is 39.2 Å². The lowest BCUT2D eigenvalue weighted by molar-refractivity contribution is -0.385. The van der Waals surface area contributed by atoms with Gasteiger partial charge in [-0.05, 0) is 26.8 Å². The van der Waals surface area contributed by atoms with Crippen molar-refractivity contribution in [1.82, 2.24) is 5.32 Å². The maximum absolute atomic E-state index is 14.0. The highest BCUT2D eigenvalue weighted by Crippen LogP contribution is 2.28. The Labute approximate surface area is 147 Å². The first-order chi connectivity index (χ1) is 11.8. The predicted octanol–water partition coefficient (Wildman–Crippen LogP) is 1.35. The van der Waals surface area contributed by atoms with E-state index >= 15 is 0 Å². The molecule has 0 heterocycles. The Morgan fingerprint density at radius 1 is 1.35 bits per heavy atom. The second kappa shape index (κ2) is 8.06. The van der Waals surface area contributed by atoms with Crippen molar-refractivity contribution < 1.29 is 39.0 Å². The number of amides is 1. The zero-order chi connectivity index (χ0) is 20.2. The first-order valence-electron chi connectivity index (χ1n) is 7.37. The van der Waals surface area contributed by atoms with Crippen LogP contribution in [0.1, 0.15) is 42.8 Å². The van der Waals surface area contributed by atoms with Gasteiger partial charge < -0.3 is 25.4 Å². The van der Waals surface area contributed by atoms with Crippen LogP contribution in [0.3, 0.4) is 0 Å². The van der Waals surface area contributed by atoms with Crippen molar-refractivity contribution in [3.63, 3.8) is 0 Å². The fourth-order valence-corrected chi connectivity index (χ4v) is 1.95. The molecule has 0 aliphatic rings. The number of carbonyl (C=O) groups is 2. The minimum Gasteiger partial charge on any atom is -0.477 e. The lowest BCUT2D eigenvalue weighted by Crippen LogP contribution is -2.39. The molecule has 144 valence electrons. The number of benzene rings is 1. The van der Waals surface area contributed by atoms with Gasteiger partial charge in [-0.1, -0.05) is 0 Å². The molecule has 0 aromatic heterocycles. The number of carbonyl (C=O) groups excluding carboxylic acids is 1. The standard InChI is InChI=1S/C15H19FN2O8/c1-15(2,3)26-14(23)17-6-11(19)12(20)7-5-10(18(24)25)8(13(21)22)4-9(7)16/h4-5,11-12,19-20H,6H2,1-3H3,(H,17,23)(H,21,22). The number of nitrogens with one attached hydrogen (secondary N) is 1. The van der Waals surface area contributed by atoms with Gasteiger partial charge >= 0.3 is 12.1 Å². The second-order valence-corrected chi connectivity index (χ2v) is 6.35. The van der Waals surface area contributed by atoms with Crippen LogP contribution in [-0.2, 0) is 4.74 Å². The van der Waals surface area contributed by atoms with Crippen LogP contribution in [-0.4, -0.2) is 50.6 Å². The van der Waals surface area contributed by atoms with Gasteiger partial charge in [0.15, 0.2) is 0 Å². The number of aliphatic hydroxyl groups excluding tert-OH is 2. The lowest BCUT2D eigenvalue weighted by Gasteiger charge is -2.22. The highest BCUT2D eigenvalue weighted by atomic mass is 19.1. The van der Waals surface area contributed by atoms with E-state index in [9.17, 15) is 34.3 Å². The van der Waals surface area contributed by atoms with Crippen LogP contribution >= 0.6 is 0 Å². The Balaban J connectivity index is 2.97. The van der Waals surface area contributed by atoms with E-state index in [1.807, 2.05) is 0 Å². The molecule has 0 aliphatic carbocycles. The van der Waals surface area contributed by atoms with Crippen molar-refractivity contribution in [1.29, 1.82) is 0 Å². The molecule has 4 N–H and O–H groups in total. The average molecular weight is 374 g/mol. The van der Waals surface area contributed by atoms with Gasteiger partial charge in [0.25, 0.3) is 5.69 Å². The smallest absolute Gasteiger partial charge is 0.407 e. The fraction of sp³-hybridized carbons (Fsp3) is 0.467. The van der Waals surface area contributed by atoms with Gasteiger partial charge in [-0.3, -0.25) is 10.1 Å². The molecule has 0 bridgehead atoms. The van der Waals surface area contributed by atoms with E-state index in [1.165, 1.54) is 0 Å². The minimum absolute atomic E-state index is 0.382. The zero-order valence-corrected chi connectivity index (χ0v) is 14.2. The summed E-state index contributed by atoms with van der Waals surface area (Å²) >= 11 is 0. The molecule has 1 amide bonds. The fourth-order valence-electron chi connectivity index (χ4n) is 1.95.